The molecule has 0 aliphatic heterocycles. The third-order valence-electron chi connectivity index (χ3n) is 4.70. The normalized spacial score (nSPS) is 14.6. The Labute approximate surface area is 152 Å². The van der Waals surface area contributed by atoms with Gasteiger partial charge in [-0.2, -0.15) is 0 Å². The Hall–Kier alpha value is -2.09. The van der Waals surface area contributed by atoms with Crippen molar-refractivity contribution in [3.63, 3.8) is 0 Å². The summed E-state index contributed by atoms with van der Waals surface area (Å²) in [6.07, 6.45) is 0. The molecule has 0 saturated carbocycles. The maximum atomic E-state index is 10.1. The molecule has 0 spiro atoms. The zero-order valence-electron chi connectivity index (χ0n) is 16.3. The van der Waals surface area contributed by atoms with E-state index in [4.69, 9.17) is 0 Å². The van der Waals surface area contributed by atoms with Crippen molar-refractivity contribution in [1.29, 1.82) is 0 Å². The summed E-state index contributed by atoms with van der Waals surface area (Å²) in [5.74, 6) is 0.0614. The first kappa shape index (κ1) is 19.2. The predicted molar refractivity (Wildman–Crippen MR) is 106 cm³/mol. The summed E-state index contributed by atoms with van der Waals surface area (Å²) in [6, 6.07) is 20.8. The molecule has 2 aromatic rings. The summed E-state index contributed by atoms with van der Waals surface area (Å²) in [4.78, 5) is 0. The van der Waals surface area contributed by atoms with Crippen LogP contribution in [0.15, 0.2) is 65.8 Å². The lowest BCUT2D eigenvalue weighted by Crippen LogP contribution is -2.36. The maximum Gasteiger partial charge on any atom is 0.0730 e. The molecular weight excluding hydrogens is 306 g/mol. The van der Waals surface area contributed by atoms with Crippen LogP contribution in [-0.2, 0) is 0 Å². The lowest BCUT2D eigenvalue weighted by Gasteiger charge is -2.40. The molecule has 0 saturated heterocycles. The molecule has 0 heterocycles. The van der Waals surface area contributed by atoms with E-state index in [1.165, 1.54) is 11.1 Å². The Morgan fingerprint density at radius 2 is 1.00 bits per heavy atom. The molecule has 0 fully saturated rings. The second-order valence-electron chi connectivity index (χ2n) is 8.94. The molecule has 2 aromatic carbocycles. The third kappa shape index (κ3) is 4.50. The summed E-state index contributed by atoms with van der Waals surface area (Å²) >= 11 is 0. The highest BCUT2D eigenvalue weighted by molar-refractivity contribution is 5.97. The summed E-state index contributed by atoms with van der Waals surface area (Å²) in [6.45, 7) is 13.3. The van der Waals surface area contributed by atoms with Crippen molar-refractivity contribution < 1.29 is 5.21 Å². The van der Waals surface area contributed by atoms with Gasteiger partial charge in [0.1, 0.15) is 0 Å². The Balaban J connectivity index is 2.63. The highest BCUT2D eigenvalue weighted by Crippen LogP contribution is 2.45. The van der Waals surface area contributed by atoms with Gasteiger partial charge in [0.15, 0.2) is 0 Å². The van der Waals surface area contributed by atoms with Gasteiger partial charge >= 0.3 is 0 Å². The van der Waals surface area contributed by atoms with E-state index in [0.29, 0.717) is 0 Å². The van der Waals surface area contributed by atoms with Gasteiger partial charge in [0.2, 0.25) is 0 Å². The van der Waals surface area contributed by atoms with E-state index >= 15 is 0 Å². The highest BCUT2D eigenvalue weighted by atomic mass is 16.4. The van der Waals surface area contributed by atoms with Crippen molar-refractivity contribution in [2.45, 2.75) is 53.4 Å². The molecule has 134 valence electrons. The molecular formula is C23H31NO. The third-order valence-corrected chi connectivity index (χ3v) is 4.70. The Morgan fingerprint density at radius 3 is 1.24 bits per heavy atom. The average Bonchev–Trinajstić information content (AvgIpc) is 2.53. The summed E-state index contributed by atoms with van der Waals surface area (Å²) in [5, 5.41) is 14.0. The molecule has 0 bridgehead atoms. The van der Waals surface area contributed by atoms with Gasteiger partial charge in [-0.05, 0) is 22.0 Å². The monoisotopic (exact) mass is 337 g/mol. The molecule has 2 unspecified atom stereocenters. The van der Waals surface area contributed by atoms with Crippen molar-refractivity contribution >= 4 is 5.71 Å². The predicted octanol–water partition coefficient (Wildman–Crippen LogP) is 6.48. The van der Waals surface area contributed by atoms with E-state index in [-0.39, 0.29) is 22.7 Å². The van der Waals surface area contributed by atoms with Crippen LogP contribution >= 0.6 is 0 Å². The zero-order valence-corrected chi connectivity index (χ0v) is 16.3. The van der Waals surface area contributed by atoms with Crippen LogP contribution in [0.3, 0.4) is 0 Å². The molecule has 1 N–H and O–H groups in total. The molecule has 2 rings (SSSR count). The fourth-order valence-electron chi connectivity index (χ4n) is 3.80. The van der Waals surface area contributed by atoms with Gasteiger partial charge in [0, 0.05) is 11.8 Å². The number of oxime groups is 1. The first-order valence-corrected chi connectivity index (χ1v) is 8.98. The van der Waals surface area contributed by atoms with Crippen molar-refractivity contribution in [2.75, 3.05) is 0 Å². The van der Waals surface area contributed by atoms with Gasteiger partial charge in [0.25, 0.3) is 0 Å². The molecule has 2 nitrogen and oxygen atoms in total. The molecule has 25 heavy (non-hydrogen) atoms. The van der Waals surface area contributed by atoms with E-state index in [1.54, 1.807) is 0 Å². The molecule has 0 aliphatic carbocycles. The largest absolute Gasteiger partial charge is 0.411 e. The molecule has 0 aromatic heterocycles. The number of rotatable bonds is 4. The second kappa shape index (κ2) is 7.43. The average molecular weight is 338 g/mol. The van der Waals surface area contributed by atoms with Gasteiger partial charge in [0.05, 0.1) is 5.71 Å². The van der Waals surface area contributed by atoms with Crippen LogP contribution < -0.4 is 0 Å². The van der Waals surface area contributed by atoms with Gasteiger partial charge in [-0.25, -0.2) is 0 Å². The van der Waals surface area contributed by atoms with Crippen LogP contribution in [-0.4, -0.2) is 10.9 Å². The Kier molecular flexibility index (Phi) is 5.72. The van der Waals surface area contributed by atoms with Gasteiger partial charge in [-0.15, -0.1) is 0 Å². The fraction of sp³-hybridized carbons (Fsp3) is 0.435. The Morgan fingerprint density at radius 1 is 0.680 bits per heavy atom. The minimum Gasteiger partial charge on any atom is -0.411 e. The van der Waals surface area contributed by atoms with E-state index in [2.05, 4.69) is 95.2 Å². The summed E-state index contributed by atoms with van der Waals surface area (Å²) < 4.78 is 0. The second-order valence-corrected chi connectivity index (χ2v) is 8.94. The van der Waals surface area contributed by atoms with Gasteiger partial charge in [-0.1, -0.05) is 107 Å². The first-order chi connectivity index (χ1) is 11.7. The lowest BCUT2D eigenvalue weighted by molar-refractivity contribution is 0.286. The summed E-state index contributed by atoms with van der Waals surface area (Å²) in [7, 11) is 0. The highest BCUT2D eigenvalue weighted by Gasteiger charge is 2.40. The van der Waals surface area contributed by atoms with Crippen LogP contribution in [0.2, 0.25) is 0 Å². The smallest absolute Gasteiger partial charge is 0.0730 e. The standard InChI is InChI=1S/C23H31NO/c1-22(2,3)19(17-13-9-7-10-14-17)21(24-25)20(23(4,5)6)18-15-11-8-12-16-18/h7-16,19-20,25H,1-6H3. The van der Waals surface area contributed by atoms with Crippen LogP contribution in [0.4, 0.5) is 0 Å². The lowest BCUT2D eigenvalue weighted by atomic mass is 9.64. The van der Waals surface area contributed by atoms with Crippen LogP contribution in [0.5, 0.6) is 0 Å². The minimum atomic E-state index is -0.0683. The van der Waals surface area contributed by atoms with E-state index < -0.39 is 0 Å². The summed E-state index contributed by atoms with van der Waals surface area (Å²) in [5.41, 5.74) is 3.07. The fourth-order valence-corrected chi connectivity index (χ4v) is 3.80. The number of nitrogens with zero attached hydrogens (tertiary/aromatic N) is 1. The zero-order chi connectivity index (χ0) is 18.7. The van der Waals surface area contributed by atoms with E-state index in [9.17, 15) is 5.21 Å². The van der Waals surface area contributed by atoms with Crippen LogP contribution in [0.1, 0.15) is 64.5 Å². The molecule has 2 heteroatoms. The Bertz CT molecular complexity index is 631. The van der Waals surface area contributed by atoms with Crippen LogP contribution in [0, 0.1) is 10.8 Å². The van der Waals surface area contributed by atoms with Crippen molar-refractivity contribution in [3.05, 3.63) is 71.8 Å². The topological polar surface area (TPSA) is 32.6 Å². The minimum absolute atomic E-state index is 0.0307. The SMILES string of the molecule is CC(C)(C)C(C(=NO)C(c1ccccc1)C(C)(C)C)c1ccccc1. The van der Waals surface area contributed by atoms with Crippen LogP contribution in [0.25, 0.3) is 0 Å². The first-order valence-electron chi connectivity index (χ1n) is 8.98. The van der Waals surface area contributed by atoms with Crippen molar-refractivity contribution in [2.24, 2.45) is 16.0 Å². The molecule has 2 atom stereocenters. The van der Waals surface area contributed by atoms with Crippen molar-refractivity contribution in [1.82, 2.24) is 0 Å². The molecule has 0 radical (unpaired) electrons. The maximum absolute atomic E-state index is 10.1. The quantitative estimate of drug-likeness (QED) is 0.387. The number of benzene rings is 2. The number of hydrogen-bond donors (Lipinski definition) is 1. The van der Waals surface area contributed by atoms with E-state index in [0.717, 1.165) is 5.71 Å². The van der Waals surface area contributed by atoms with Gasteiger partial charge in [-0.3, -0.25) is 0 Å². The number of hydrogen-bond acceptors (Lipinski definition) is 2. The van der Waals surface area contributed by atoms with E-state index in [1.807, 2.05) is 12.1 Å². The van der Waals surface area contributed by atoms with Gasteiger partial charge < -0.3 is 5.21 Å². The molecule has 0 aliphatic rings. The van der Waals surface area contributed by atoms with Crippen molar-refractivity contribution in [3.8, 4) is 0 Å². The molecule has 0 amide bonds.